The van der Waals surface area contributed by atoms with Gasteiger partial charge in [-0.2, -0.15) is 9.40 Å². The van der Waals surface area contributed by atoms with Gasteiger partial charge >= 0.3 is 0 Å². The van der Waals surface area contributed by atoms with E-state index in [1.54, 1.807) is 36.7 Å². The summed E-state index contributed by atoms with van der Waals surface area (Å²) in [6.07, 6.45) is 0. The van der Waals surface area contributed by atoms with Crippen molar-refractivity contribution in [3.63, 3.8) is 0 Å². The summed E-state index contributed by atoms with van der Waals surface area (Å²) in [5, 5.41) is 7.31. The third kappa shape index (κ3) is 4.44. The summed E-state index contributed by atoms with van der Waals surface area (Å²) >= 11 is 0. The molecule has 0 unspecified atom stereocenters. The van der Waals surface area contributed by atoms with Crippen molar-refractivity contribution in [1.29, 1.82) is 0 Å². The molecule has 0 aliphatic rings. The zero-order chi connectivity index (χ0) is 21.9. The second kappa shape index (κ2) is 8.81. The van der Waals surface area contributed by atoms with Gasteiger partial charge in [0.05, 0.1) is 16.3 Å². The van der Waals surface area contributed by atoms with Crippen molar-refractivity contribution in [3.05, 3.63) is 71.4 Å². The lowest BCUT2D eigenvalue weighted by Crippen LogP contribution is -2.30. The van der Waals surface area contributed by atoms with E-state index in [2.05, 4.69) is 10.4 Å². The standard InChI is InChI=1S/C22H26N4O3S/c1-5-25(6-2)30(28,29)20-9-7-8-18(15-20)22(27)23-21-14-17(4)24-26(21)19-12-10-16(3)11-13-19/h7-15H,5-6H2,1-4H3,(H,23,27). The summed E-state index contributed by atoms with van der Waals surface area (Å²) in [7, 11) is -3.65. The summed E-state index contributed by atoms with van der Waals surface area (Å²) < 4.78 is 28.6. The molecule has 1 aromatic heterocycles. The van der Waals surface area contributed by atoms with E-state index < -0.39 is 15.9 Å². The number of hydrogen-bond acceptors (Lipinski definition) is 4. The van der Waals surface area contributed by atoms with Gasteiger partial charge in [0, 0.05) is 24.7 Å². The minimum Gasteiger partial charge on any atom is -0.306 e. The number of rotatable bonds is 7. The minimum atomic E-state index is -3.65. The number of hydrogen-bond donors (Lipinski definition) is 1. The molecule has 0 bridgehead atoms. The molecular weight excluding hydrogens is 400 g/mol. The van der Waals surface area contributed by atoms with E-state index in [1.165, 1.54) is 16.4 Å². The van der Waals surface area contributed by atoms with Gasteiger partial charge in [-0.05, 0) is 44.2 Å². The molecular formula is C22H26N4O3S. The molecule has 0 atom stereocenters. The second-order valence-electron chi connectivity index (χ2n) is 6.99. The first-order valence-electron chi connectivity index (χ1n) is 9.81. The number of benzene rings is 2. The lowest BCUT2D eigenvalue weighted by Gasteiger charge is -2.18. The zero-order valence-corrected chi connectivity index (χ0v) is 18.4. The topological polar surface area (TPSA) is 84.3 Å². The van der Waals surface area contributed by atoms with Gasteiger partial charge in [-0.25, -0.2) is 13.1 Å². The van der Waals surface area contributed by atoms with Gasteiger partial charge in [0.15, 0.2) is 0 Å². The monoisotopic (exact) mass is 426 g/mol. The maximum absolute atomic E-state index is 12.9. The van der Waals surface area contributed by atoms with Gasteiger partial charge < -0.3 is 5.32 Å². The fourth-order valence-electron chi connectivity index (χ4n) is 3.17. The lowest BCUT2D eigenvalue weighted by molar-refractivity contribution is 0.102. The van der Waals surface area contributed by atoms with Crippen molar-refractivity contribution >= 4 is 21.7 Å². The number of nitrogens with one attached hydrogen (secondary N) is 1. The predicted molar refractivity (Wildman–Crippen MR) is 118 cm³/mol. The smallest absolute Gasteiger partial charge is 0.256 e. The predicted octanol–water partition coefficient (Wildman–Crippen LogP) is 3.77. The molecule has 0 aliphatic heterocycles. The van der Waals surface area contributed by atoms with Gasteiger partial charge in [-0.3, -0.25) is 4.79 Å². The molecule has 0 saturated heterocycles. The van der Waals surface area contributed by atoms with E-state index in [4.69, 9.17) is 0 Å². The normalized spacial score (nSPS) is 11.6. The number of aryl methyl sites for hydroxylation is 2. The molecule has 8 heteroatoms. The van der Waals surface area contributed by atoms with Crippen molar-refractivity contribution in [3.8, 4) is 5.69 Å². The van der Waals surface area contributed by atoms with E-state index in [0.29, 0.717) is 18.9 Å². The molecule has 3 rings (SSSR count). The Balaban J connectivity index is 1.90. The number of sulfonamides is 1. The van der Waals surface area contributed by atoms with Crippen LogP contribution < -0.4 is 5.32 Å². The Morgan fingerprint density at radius 2 is 1.70 bits per heavy atom. The third-order valence-corrected chi connectivity index (χ3v) is 6.84. The van der Waals surface area contributed by atoms with Gasteiger partial charge in [-0.1, -0.05) is 37.6 Å². The molecule has 1 heterocycles. The number of nitrogens with zero attached hydrogens (tertiary/aromatic N) is 3. The quantitative estimate of drug-likeness (QED) is 0.623. The zero-order valence-electron chi connectivity index (χ0n) is 17.6. The fraction of sp³-hybridized carbons (Fsp3) is 0.273. The number of aromatic nitrogens is 2. The van der Waals surface area contributed by atoms with Crippen LogP contribution in [0.1, 0.15) is 35.5 Å². The highest BCUT2D eigenvalue weighted by Crippen LogP contribution is 2.20. The number of carbonyl (C=O) groups is 1. The number of anilines is 1. The molecule has 2 aromatic carbocycles. The summed E-state index contributed by atoms with van der Waals surface area (Å²) in [5.41, 5.74) is 2.96. The lowest BCUT2D eigenvalue weighted by atomic mass is 10.2. The molecule has 1 amide bonds. The molecule has 7 nitrogen and oxygen atoms in total. The summed E-state index contributed by atoms with van der Waals surface area (Å²) in [5.74, 6) is 0.109. The fourth-order valence-corrected chi connectivity index (χ4v) is 4.67. The molecule has 30 heavy (non-hydrogen) atoms. The number of carbonyl (C=O) groups excluding carboxylic acids is 1. The molecule has 0 radical (unpaired) electrons. The van der Waals surface area contributed by atoms with Crippen LogP contribution in [0.2, 0.25) is 0 Å². The van der Waals surface area contributed by atoms with E-state index >= 15 is 0 Å². The van der Waals surface area contributed by atoms with Gasteiger partial charge in [0.1, 0.15) is 5.82 Å². The second-order valence-corrected chi connectivity index (χ2v) is 8.93. The summed E-state index contributed by atoms with van der Waals surface area (Å²) in [6, 6.07) is 15.6. The van der Waals surface area contributed by atoms with Crippen LogP contribution in [-0.2, 0) is 10.0 Å². The maximum atomic E-state index is 12.9. The van der Waals surface area contributed by atoms with Crippen LogP contribution in [0.25, 0.3) is 5.69 Å². The Hall–Kier alpha value is -2.97. The van der Waals surface area contributed by atoms with E-state index in [1.807, 2.05) is 38.1 Å². The van der Waals surface area contributed by atoms with Crippen molar-refractivity contribution in [2.24, 2.45) is 0 Å². The molecule has 0 spiro atoms. The highest BCUT2D eigenvalue weighted by Gasteiger charge is 2.23. The average Bonchev–Trinajstić information content (AvgIpc) is 3.09. The third-order valence-electron chi connectivity index (χ3n) is 4.79. The average molecular weight is 427 g/mol. The Morgan fingerprint density at radius 3 is 2.33 bits per heavy atom. The molecule has 0 saturated carbocycles. The van der Waals surface area contributed by atoms with Crippen molar-refractivity contribution < 1.29 is 13.2 Å². The highest BCUT2D eigenvalue weighted by atomic mass is 32.2. The Morgan fingerprint density at radius 1 is 1.03 bits per heavy atom. The van der Waals surface area contributed by atoms with E-state index in [0.717, 1.165) is 16.9 Å². The minimum absolute atomic E-state index is 0.0991. The van der Waals surface area contributed by atoms with Crippen LogP contribution in [0.3, 0.4) is 0 Å². The molecule has 0 aliphatic carbocycles. The van der Waals surface area contributed by atoms with Crippen LogP contribution in [0.5, 0.6) is 0 Å². The molecule has 3 aromatic rings. The largest absolute Gasteiger partial charge is 0.306 e. The molecule has 0 fully saturated rings. The van der Waals surface area contributed by atoms with Crippen molar-refractivity contribution in [2.45, 2.75) is 32.6 Å². The van der Waals surface area contributed by atoms with E-state index in [-0.39, 0.29) is 10.5 Å². The molecule has 1 N–H and O–H groups in total. The van der Waals surface area contributed by atoms with Gasteiger partial charge in [0.25, 0.3) is 5.91 Å². The number of amides is 1. The first-order chi connectivity index (χ1) is 14.3. The Kier molecular flexibility index (Phi) is 6.38. The van der Waals surface area contributed by atoms with Crippen LogP contribution in [-0.4, -0.2) is 41.5 Å². The van der Waals surface area contributed by atoms with E-state index in [9.17, 15) is 13.2 Å². The van der Waals surface area contributed by atoms with Crippen molar-refractivity contribution in [1.82, 2.24) is 14.1 Å². The maximum Gasteiger partial charge on any atom is 0.256 e. The van der Waals surface area contributed by atoms with Crippen molar-refractivity contribution in [2.75, 3.05) is 18.4 Å². The highest BCUT2D eigenvalue weighted by molar-refractivity contribution is 7.89. The Labute approximate surface area is 177 Å². The van der Waals surface area contributed by atoms with Crippen LogP contribution >= 0.6 is 0 Å². The van der Waals surface area contributed by atoms with Crippen LogP contribution in [0.15, 0.2) is 59.5 Å². The first kappa shape index (κ1) is 21.7. The van der Waals surface area contributed by atoms with Gasteiger partial charge in [0.2, 0.25) is 10.0 Å². The van der Waals surface area contributed by atoms with Gasteiger partial charge in [-0.15, -0.1) is 0 Å². The summed E-state index contributed by atoms with van der Waals surface area (Å²) in [4.78, 5) is 13.0. The van der Waals surface area contributed by atoms with Crippen LogP contribution in [0.4, 0.5) is 5.82 Å². The molecule has 158 valence electrons. The SMILES string of the molecule is CCN(CC)S(=O)(=O)c1cccc(C(=O)Nc2cc(C)nn2-c2ccc(C)cc2)c1. The summed E-state index contributed by atoms with van der Waals surface area (Å²) in [6.45, 7) is 8.14. The van der Waals surface area contributed by atoms with Crippen LogP contribution in [0, 0.1) is 13.8 Å². The first-order valence-corrected chi connectivity index (χ1v) is 11.3. The Bertz CT molecular complexity index is 1150.